The lowest BCUT2D eigenvalue weighted by molar-refractivity contribution is -0.119. The van der Waals surface area contributed by atoms with Crippen molar-refractivity contribution in [1.82, 2.24) is 20.4 Å². The number of hydrogen-bond acceptors (Lipinski definition) is 4. The van der Waals surface area contributed by atoms with Crippen molar-refractivity contribution in [3.05, 3.63) is 66.4 Å². The molecule has 7 nitrogen and oxygen atoms in total. The molecule has 146 valence electrons. The Hall–Kier alpha value is -4.05. The average molecular weight is 388 g/mol. The molecule has 2 aromatic carbocycles. The molecule has 0 unspecified atom stereocenters. The van der Waals surface area contributed by atoms with Crippen molar-refractivity contribution in [2.24, 2.45) is 0 Å². The average Bonchev–Trinajstić information content (AvgIpc) is 3.22. The SMILES string of the molecule is C#CCNC(=O)CNC(=O)c1cn(-c2ccccc2)nc1-c1ccccc1OC. The predicted molar refractivity (Wildman–Crippen MR) is 110 cm³/mol. The summed E-state index contributed by atoms with van der Waals surface area (Å²) >= 11 is 0. The summed E-state index contributed by atoms with van der Waals surface area (Å²) in [5.74, 6) is 2.10. The van der Waals surface area contributed by atoms with Crippen molar-refractivity contribution in [2.45, 2.75) is 0 Å². The molecule has 29 heavy (non-hydrogen) atoms. The highest BCUT2D eigenvalue weighted by molar-refractivity contribution is 6.01. The van der Waals surface area contributed by atoms with Gasteiger partial charge < -0.3 is 15.4 Å². The maximum Gasteiger partial charge on any atom is 0.255 e. The lowest BCUT2D eigenvalue weighted by Gasteiger charge is -2.08. The summed E-state index contributed by atoms with van der Waals surface area (Å²) in [7, 11) is 1.56. The summed E-state index contributed by atoms with van der Waals surface area (Å²) in [6, 6.07) is 16.7. The molecule has 0 aliphatic carbocycles. The Morgan fingerprint density at radius 1 is 1.10 bits per heavy atom. The molecular weight excluding hydrogens is 368 g/mol. The molecule has 0 saturated heterocycles. The van der Waals surface area contributed by atoms with Gasteiger partial charge in [-0.2, -0.15) is 5.10 Å². The predicted octanol–water partition coefficient (Wildman–Crippen LogP) is 2.03. The minimum Gasteiger partial charge on any atom is -0.496 e. The van der Waals surface area contributed by atoms with Crippen LogP contribution in [0.5, 0.6) is 5.75 Å². The van der Waals surface area contributed by atoms with Gasteiger partial charge in [0.15, 0.2) is 0 Å². The summed E-state index contributed by atoms with van der Waals surface area (Å²) in [5.41, 5.74) is 2.25. The van der Waals surface area contributed by atoms with E-state index in [0.717, 1.165) is 5.69 Å². The Balaban J connectivity index is 1.96. The van der Waals surface area contributed by atoms with Crippen LogP contribution in [0.25, 0.3) is 16.9 Å². The van der Waals surface area contributed by atoms with Crippen LogP contribution in [0.1, 0.15) is 10.4 Å². The number of para-hydroxylation sites is 2. The van der Waals surface area contributed by atoms with E-state index in [-0.39, 0.29) is 19.0 Å². The van der Waals surface area contributed by atoms with Gasteiger partial charge in [0, 0.05) is 11.8 Å². The molecular formula is C22H20N4O3. The molecule has 3 rings (SSSR count). The maximum absolute atomic E-state index is 12.8. The summed E-state index contributed by atoms with van der Waals surface area (Å²) in [6.45, 7) is -0.0878. The highest BCUT2D eigenvalue weighted by Crippen LogP contribution is 2.31. The van der Waals surface area contributed by atoms with Crippen molar-refractivity contribution in [1.29, 1.82) is 0 Å². The molecule has 0 bridgehead atoms. The smallest absolute Gasteiger partial charge is 0.255 e. The largest absolute Gasteiger partial charge is 0.496 e. The molecule has 0 radical (unpaired) electrons. The molecule has 0 spiro atoms. The van der Waals surface area contributed by atoms with Crippen LogP contribution in [0.4, 0.5) is 0 Å². The fourth-order valence-corrected chi connectivity index (χ4v) is 2.76. The minimum atomic E-state index is -0.427. The van der Waals surface area contributed by atoms with Crippen LogP contribution < -0.4 is 15.4 Å². The highest BCUT2D eigenvalue weighted by atomic mass is 16.5. The zero-order chi connectivity index (χ0) is 20.6. The van der Waals surface area contributed by atoms with E-state index < -0.39 is 5.91 Å². The van der Waals surface area contributed by atoms with E-state index in [1.807, 2.05) is 48.5 Å². The van der Waals surface area contributed by atoms with E-state index in [4.69, 9.17) is 11.2 Å². The lowest BCUT2D eigenvalue weighted by atomic mass is 10.1. The number of hydrogen-bond donors (Lipinski definition) is 2. The Kier molecular flexibility index (Phi) is 6.28. The van der Waals surface area contributed by atoms with Crippen LogP contribution in [-0.4, -0.2) is 41.8 Å². The van der Waals surface area contributed by atoms with Crippen molar-refractivity contribution in [3.63, 3.8) is 0 Å². The molecule has 1 aromatic heterocycles. The Bertz CT molecular complexity index is 1050. The van der Waals surface area contributed by atoms with Gasteiger partial charge in [-0.05, 0) is 24.3 Å². The molecule has 0 aliphatic rings. The fourth-order valence-electron chi connectivity index (χ4n) is 2.76. The second kappa shape index (κ2) is 9.24. The van der Waals surface area contributed by atoms with E-state index in [9.17, 15) is 9.59 Å². The number of ether oxygens (including phenoxy) is 1. The lowest BCUT2D eigenvalue weighted by Crippen LogP contribution is -2.37. The molecule has 0 aliphatic heterocycles. The number of rotatable bonds is 7. The number of methoxy groups -OCH3 is 1. The first-order valence-corrected chi connectivity index (χ1v) is 8.91. The Labute approximate surface area is 168 Å². The number of aromatic nitrogens is 2. The molecule has 2 N–H and O–H groups in total. The van der Waals surface area contributed by atoms with Crippen molar-refractivity contribution in [3.8, 4) is 35.0 Å². The van der Waals surface area contributed by atoms with E-state index >= 15 is 0 Å². The number of terminal acetylenes is 1. The van der Waals surface area contributed by atoms with Gasteiger partial charge in [-0.15, -0.1) is 6.42 Å². The number of nitrogens with one attached hydrogen (secondary N) is 2. The first kappa shape index (κ1) is 19.7. The standard InChI is InChI=1S/C22H20N4O3/c1-3-13-23-20(27)14-24-22(28)18-15-26(16-9-5-4-6-10-16)25-21(18)17-11-7-8-12-19(17)29-2/h1,4-12,15H,13-14H2,2H3,(H,23,27)(H,24,28). The molecule has 0 fully saturated rings. The third-order valence-electron chi connectivity index (χ3n) is 4.14. The van der Waals surface area contributed by atoms with E-state index in [1.54, 1.807) is 24.1 Å². The maximum atomic E-state index is 12.8. The number of nitrogens with zero attached hydrogens (tertiary/aromatic N) is 2. The van der Waals surface area contributed by atoms with E-state index in [2.05, 4.69) is 21.7 Å². The quantitative estimate of drug-likeness (QED) is 0.607. The normalized spacial score (nSPS) is 10.1. The van der Waals surface area contributed by atoms with Crippen LogP contribution in [0.3, 0.4) is 0 Å². The highest BCUT2D eigenvalue weighted by Gasteiger charge is 2.21. The molecule has 0 saturated carbocycles. The van der Waals surface area contributed by atoms with Gasteiger partial charge in [0.2, 0.25) is 5.91 Å². The number of amides is 2. The van der Waals surface area contributed by atoms with Crippen LogP contribution in [-0.2, 0) is 4.79 Å². The number of carbonyl (C=O) groups is 2. The van der Waals surface area contributed by atoms with E-state index in [1.165, 1.54) is 0 Å². The van der Waals surface area contributed by atoms with Gasteiger partial charge in [-0.3, -0.25) is 9.59 Å². The van der Waals surface area contributed by atoms with Crippen molar-refractivity contribution < 1.29 is 14.3 Å². The van der Waals surface area contributed by atoms with Gasteiger partial charge in [0.25, 0.3) is 5.91 Å². The number of carbonyl (C=O) groups excluding carboxylic acids is 2. The van der Waals surface area contributed by atoms with Crippen LogP contribution in [0.2, 0.25) is 0 Å². The molecule has 0 atom stereocenters. The fraction of sp³-hybridized carbons (Fsp3) is 0.136. The van der Waals surface area contributed by atoms with Crippen LogP contribution in [0.15, 0.2) is 60.8 Å². The van der Waals surface area contributed by atoms with Gasteiger partial charge in [0.05, 0.1) is 31.5 Å². The molecule has 2 amide bonds. The molecule has 3 aromatic rings. The summed E-state index contributed by atoms with van der Waals surface area (Å²) < 4.78 is 7.05. The number of benzene rings is 2. The molecule has 7 heteroatoms. The summed E-state index contributed by atoms with van der Waals surface area (Å²) in [5, 5.41) is 9.72. The van der Waals surface area contributed by atoms with Crippen molar-refractivity contribution >= 4 is 11.8 Å². The van der Waals surface area contributed by atoms with Crippen LogP contribution in [0, 0.1) is 12.3 Å². The van der Waals surface area contributed by atoms with Gasteiger partial charge >= 0.3 is 0 Å². The first-order chi connectivity index (χ1) is 14.1. The van der Waals surface area contributed by atoms with E-state index in [0.29, 0.717) is 22.6 Å². The zero-order valence-corrected chi connectivity index (χ0v) is 15.9. The minimum absolute atomic E-state index is 0.104. The molecule has 1 heterocycles. The Morgan fingerprint density at radius 3 is 2.55 bits per heavy atom. The second-order valence-corrected chi connectivity index (χ2v) is 6.04. The first-order valence-electron chi connectivity index (χ1n) is 8.91. The summed E-state index contributed by atoms with van der Waals surface area (Å²) in [6.07, 6.45) is 6.75. The topological polar surface area (TPSA) is 85.3 Å². The Morgan fingerprint density at radius 2 is 1.83 bits per heavy atom. The van der Waals surface area contributed by atoms with Crippen LogP contribution >= 0.6 is 0 Å². The third kappa shape index (κ3) is 4.62. The van der Waals surface area contributed by atoms with Crippen molar-refractivity contribution in [2.75, 3.05) is 20.2 Å². The van der Waals surface area contributed by atoms with Gasteiger partial charge in [0.1, 0.15) is 11.4 Å². The zero-order valence-electron chi connectivity index (χ0n) is 15.9. The second-order valence-electron chi connectivity index (χ2n) is 6.04. The van der Waals surface area contributed by atoms with Gasteiger partial charge in [-0.25, -0.2) is 4.68 Å². The summed E-state index contributed by atoms with van der Waals surface area (Å²) in [4.78, 5) is 24.6. The van der Waals surface area contributed by atoms with Gasteiger partial charge in [-0.1, -0.05) is 36.3 Å². The monoisotopic (exact) mass is 388 g/mol. The third-order valence-corrected chi connectivity index (χ3v) is 4.14.